The lowest BCUT2D eigenvalue weighted by molar-refractivity contribution is -0.112. The van der Waals surface area contributed by atoms with E-state index < -0.39 is 8.07 Å². The molecule has 0 saturated heterocycles. The largest absolute Gasteiger partial charge is 0.444 e. The Kier molecular flexibility index (Phi) is 6.99. The van der Waals surface area contributed by atoms with E-state index in [1.807, 2.05) is 42.0 Å². The van der Waals surface area contributed by atoms with Crippen LogP contribution in [0.3, 0.4) is 0 Å². The van der Waals surface area contributed by atoms with E-state index in [9.17, 15) is 4.79 Å². The van der Waals surface area contributed by atoms with Crippen molar-refractivity contribution in [1.82, 2.24) is 19.5 Å². The van der Waals surface area contributed by atoms with Crippen molar-refractivity contribution >= 4 is 30.7 Å². The number of carbonyl (C=O) groups excluding carboxylic acids is 1. The Balaban J connectivity index is 1.77. The van der Waals surface area contributed by atoms with Crippen LogP contribution in [0.1, 0.15) is 12.6 Å². The molecule has 0 bridgehead atoms. The summed E-state index contributed by atoms with van der Waals surface area (Å²) in [6.45, 7) is 15.3. The molecule has 4 rings (SSSR count). The van der Waals surface area contributed by atoms with Gasteiger partial charge < -0.3 is 19.0 Å². The highest BCUT2D eigenvalue weighted by molar-refractivity contribution is 6.76. The zero-order chi connectivity index (χ0) is 25.2. The van der Waals surface area contributed by atoms with Crippen LogP contribution >= 0.6 is 0 Å². The quantitative estimate of drug-likeness (QED) is 0.179. The van der Waals surface area contributed by atoms with E-state index in [2.05, 4.69) is 46.5 Å². The van der Waals surface area contributed by atoms with E-state index in [4.69, 9.17) is 9.15 Å². The average molecular weight is 490 g/mol. The Bertz CT molecular complexity index is 1380. The van der Waals surface area contributed by atoms with Crippen molar-refractivity contribution in [3.8, 4) is 22.7 Å². The van der Waals surface area contributed by atoms with E-state index in [0.29, 0.717) is 36.2 Å². The zero-order valence-electron chi connectivity index (χ0n) is 20.9. The van der Waals surface area contributed by atoms with E-state index in [0.717, 1.165) is 33.9 Å². The normalized spacial score (nSPS) is 11.7. The summed E-state index contributed by atoms with van der Waals surface area (Å²) in [5, 5.41) is 3.68. The van der Waals surface area contributed by atoms with Gasteiger partial charge in [0.25, 0.3) is 5.91 Å². The van der Waals surface area contributed by atoms with E-state index in [1.165, 1.54) is 0 Å². The number of aromatic nitrogens is 4. The molecular weight excluding hydrogens is 458 g/mol. The van der Waals surface area contributed by atoms with Crippen molar-refractivity contribution in [3.63, 3.8) is 0 Å². The molecule has 1 aromatic carbocycles. The van der Waals surface area contributed by atoms with Gasteiger partial charge in [-0.1, -0.05) is 38.4 Å². The van der Waals surface area contributed by atoms with Crippen molar-refractivity contribution in [2.75, 3.05) is 11.9 Å². The van der Waals surface area contributed by atoms with Gasteiger partial charge in [-0.25, -0.2) is 15.0 Å². The van der Waals surface area contributed by atoms with Crippen molar-refractivity contribution in [2.45, 2.75) is 46.3 Å². The number of oxazole rings is 1. The second-order valence-corrected chi connectivity index (χ2v) is 15.5. The average Bonchev–Trinajstić information content (AvgIpc) is 3.39. The molecule has 0 aliphatic heterocycles. The van der Waals surface area contributed by atoms with Crippen LogP contribution in [0.4, 0.5) is 5.69 Å². The highest BCUT2D eigenvalue weighted by Crippen LogP contribution is 2.36. The smallest absolute Gasteiger partial charge is 0.250 e. The van der Waals surface area contributed by atoms with Crippen molar-refractivity contribution < 1.29 is 13.9 Å². The number of hydrogen-bond donors (Lipinski definition) is 1. The lowest BCUT2D eigenvalue weighted by Crippen LogP contribution is -2.22. The molecule has 3 aromatic heterocycles. The van der Waals surface area contributed by atoms with Gasteiger partial charge in [-0.2, -0.15) is 0 Å². The zero-order valence-corrected chi connectivity index (χ0v) is 21.9. The summed E-state index contributed by atoms with van der Waals surface area (Å²) >= 11 is 0. The highest BCUT2D eigenvalue weighted by Gasteiger charge is 2.21. The van der Waals surface area contributed by atoms with Crippen molar-refractivity contribution in [3.05, 3.63) is 60.9 Å². The maximum absolute atomic E-state index is 12.1. The van der Waals surface area contributed by atoms with Crippen LogP contribution < -0.4 is 5.32 Å². The SMILES string of the molecule is C=C(C)C(=O)Nc1cccc(-c2ncnc3c2c(-c2nc(C)co2)cn3COCC[Si](C)(C)C)c1. The first-order valence-electron chi connectivity index (χ1n) is 11.5. The van der Waals surface area contributed by atoms with Crippen LogP contribution in [0.25, 0.3) is 33.7 Å². The van der Waals surface area contributed by atoms with Gasteiger partial charge in [0.2, 0.25) is 5.89 Å². The van der Waals surface area contributed by atoms with E-state index >= 15 is 0 Å². The number of ether oxygens (including phenoxy) is 1. The molecule has 0 atom stereocenters. The van der Waals surface area contributed by atoms with Crippen LogP contribution in [0.5, 0.6) is 0 Å². The molecule has 0 aliphatic carbocycles. The van der Waals surface area contributed by atoms with Crippen LogP contribution in [0.2, 0.25) is 25.7 Å². The predicted octanol–water partition coefficient (Wildman–Crippen LogP) is 5.89. The number of nitrogens with zero attached hydrogens (tertiary/aromatic N) is 4. The third kappa shape index (κ3) is 5.75. The number of benzene rings is 1. The molecule has 0 spiro atoms. The summed E-state index contributed by atoms with van der Waals surface area (Å²) in [6, 6.07) is 8.63. The van der Waals surface area contributed by atoms with Gasteiger partial charge >= 0.3 is 0 Å². The third-order valence-electron chi connectivity index (χ3n) is 5.51. The lowest BCUT2D eigenvalue weighted by Gasteiger charge is -2.15. The number of amides is 1. The third-order valence-corrected chi connectivity index (χ3v) is 7.22. The maximum Gasteiger partial charge on any atom is 0.250 e. The maximum atomic E-state index is 12.1. The summed E-state index contributed by atoms with van der Waals surface area (Å²) in [5.74, 6) is 0.267. The molecule has 4 aromatic rings. The van der Waals surface area contributed by atoms with Gasteiger partial charge in [-0.3, -0.25) is 4.79 Å². The molecule has 3 heterocycles. The Hall–Kier alpha value is -3.56. The number of anilines is 1. The number of carbonyl (C=O) groups is 1. The van der Waals surface area contributed by atoms with Gasteiger partial charge in [0.15, 0.2) is 0 Å². The lowest BCUT2D eigenvalue weighted by atomic mass is 10.1. The minimum absolute atomic E-state index is 0.229. The van der Waals surface area contributed by atoms with E-state index in [-0.39, 0.29) is 5.91 Å². The number of aryl methyl sites for hydroxylation is 1. The van der Waals surface area contributed by atoms with Gasteiger partial charge in [0.05, 0.1) is 22.3 Å². The van der Waals surface area contributed by atoms with Crippen LogP contribution in [-0.2, 0) is 16.3 Å². The molecule has 1 N–H and O–H groups in total. The summed E-state index contributed by atoms with van der Waals surface area (Å²) < 4.78 is 13.7. The molecule has 1 amide bonds. The predicted molar refractivity (Wildman–Crippen MR) is 141 cm³/mol. The first-order valence-corrected chi connectivity index (χ1v) is 15.2. The fourth-order valence-corrected chi connectivity index (χ4v) is 4.36. The monoisotopic (exact) mass is 489 g/mol. The Morgan fingerprint density at radius 1 is 1.26 bits per heavy atom. The molecule has 182 valence electrons. The standard InChI is InChI=1S/C26H31N5O3Si/c1-17(2)25(32)30-20-9-7-8-19(12-20)23-22-21(26-29-18(3)14-34-26)13-31(24(22)28-15-27-23)16-33-10-11-35(4,5)6/h7-9,12-15H,1,10-11,16H2,2-6H3,(H,30,32). The molecule has 0 radical (unpaired) electrons. The van der Waals surface area contributed by atoms with Crippen LogP contribution in [0, 0.1) is 6.92 Å². The highest BCUT2D eigenvalue weighted by atomic mass is 28.3. The first kappa shape index (κ1) is 24.6. The van der Waals surface area contributed by atoms with Crippen LogP contribution in [-0.4, -0.2) is 40.1 Å². The Labute approximate surface area is 206 Å². The van der Waals surface area contributed by atoms with Crippen molar-refractivity contribution in [2.24, 2.45) is 0 Å². The van der Waals surface area contributed by atoms with Gasteiger partial charge in [-0.05, 0) is 32.0 Å². The molecule has 9 heteroatoms. The second kappa shape index (κ2) is 9.97. The van der Waals surface area contributed by atoms with Gasteiger partial charge in [0.1, 0.15) is 25.0 Å². The summed E-state index contributed by atoms with van der Waals surface area (Å²) in [6.07, 6.45) is 5.12. The summed E-state index contributed by atoms with van der Waals surface area (Å²) in [5.41, 5.74) is 4.94. The first-order chi connectivity index (χ1) is 16.6. The number of rotatable bonds is 9. The van der Waals surface area contributed by atoms with Gasteiger partial charge in [0, 0.05) is 37.7 Å². The number of hydrogen-bond acceptors (Lipinski definition) is 6. The van der Waals surface area contributed by atoms with Gasteiger partial charge in [-0.15, -0.1) is 0 Å². The van der Waals surface area contributed by atoms with E-state index in [1.54, 1.807) is 19.5 Å². The number of fused-ring (bicyclic) bond motifs is 1. The molecule has 0 fully saturated rings. The topological polar surface area (TPSA) is 95.1 Å². The fourth-order valence-electron chi connectivity index (χ4n) is 3.60. The van der Waals surface area contributed by atoms with Crippen LogP contribution in [0.15, 0.2) is 59.6 Å². The summed E-state index contributed by atoms with van der Waals surface area (Å²) in [4.78, 5) is 25.9. The second-order valence-electron chi connectivity index (χ2n) is 9.89. The van der Waals surface area contributed by atoms with Crippen molar-refractivity contribution in [1.29, 1.82) is 0 Å². The molecule has 0 unspecified atom stereocenters. The minimum atomic E-state index is -1.19. The fraction of sp³-hybridized carbons (Fsp3) is 0.308. The molecular formula is C26H31N5O3Si. The summed E-state index contributed by atoms with van der Waals surface area (Å²) in [7, 11) is -1.19. The Morgan fingerprint density at radius 3 is 2.74 bits per heavy atom. The molecule has 35 heavy (non-hydrogen) atoms. The molecule has 8 nitrogen and oxygen atoms in total. The Morgan fingerprint density at radius 2 is 2.06 bits per heavy atom. The molecule has 0 aliphatic rings. The molecule has 0 saturated carbocycles. The minimum Gasteiger partial charge on any atom is -0.444 e. The number of nitrogens with one attached hydrogen (secondary N) is 1.